The maximum atomic E-state index is 13.7. The molecule has 136 valence electrons. The van der Waals surface area contributed by atoms with Gasteiger partial charge < -0.3 is 20.1 Å². The van der Waals surface area contributed by atoms with E-state index in [4.69, 9.17) is 21.4 Å². The van der Waals surface area contributed by atoms with Crippen molar-refractivity contribution in [3.63, 3.8) is 0 Å². The van der Waals surface area contributed by atoms with E-state index in [1.165, 1.54) is 12.1 Å². The van der Waals surface area contributed by atoms with E-state index in [2.05, 4.69) is 5.32 Å². The molecule has 2 heterocycles. The molecule has 2 amide bonds. The number of hydrogen-bond acceptors (Lipinski definition) is 3. The summed E-state index contributed by atoms with van der Waals surface area (Å²) >= 11 is 5.71. The first-order valence-corrected chi connectivity index (χ1v) is 8.68. The summed E-state index contributed by atoms with van der Waals surface area (Å²) in [6.45, 7) is 1.30. The number of rotatable bonds is 3. The van der Waals surface area contributed by atoms with Crippen LogP contribution >= 0.6 is 11.6 Å². The van der Waals surface area contributed by atoms with E-state index in [-0.39, 0.29) is 23.0 Å². The summed E-state index contributed by atoms with van der Waals surface area (Å²) in [6.07, 6.45) is 1.12. The lowest BCUT2D eigenvalue weighted by Crippen LogP contribution is -2.49. The molecular weight excluding hydrogens is 351 g/mol. The quantitative estimate of drug-likeness (QED) is 0.857. The van der Waals surface area contributed by atoms with Crippen LogP contribution < -0.4 is 5.32 Å². The third-order valence-electron chi connectivity index (χ3n) is 4.80. The highest BCUT2D eigenvalue weighted by molar-refractivity contribution is 6.30. The topological polar surface area (TPSA) is 78.9 Å². The fourth-order valence-corrected chi connectivity index (χ4v) is 3.45. The summed E-state index contributed by atoms with van der Waals surface area (Å²) < 4.78 is 19.3. The molecular formula is C17H20ClFN2O4. The molecule has 2 aliphatic heterocycles. The molecule has 8 heteroatoms. The van der Waals surface area contributed by atoms with Gasteiger partial charge in [0, 0.05) is 19.7 Å². The Labute approximate surface area is 149 Å². The summed E-state index contributed by atoms with van der Waals surface area (Å²) in [7, 11) is 0. The lowest BCUT2D eigenvalue weighted by molar-refractivity contribution is -0.143. The molecule has 2 aliphatic rings. The number of piperidine rings is 1. The van der Waals surface area contributed by atoms with E-state index in [1.807, 2.05) is 0 Å². The van der Waals surface area contributed by atoms with Gasteiger partial charge in [-0.05, 0) is 37.0 Å². The van der Waals surface area contributed by atoms with E-state index in [1.54, 1.807) is 11.0 Å². The van der Waals surface area contributed by atoms with Crippen molar-refractivity contribution in [2.24, 2.45) is 5.92 Å². The van der Waals surface area contributed by atoms with Gasteiger partial charge in [0.25, 0.3) is 0 Å². The number of benzene rings is 1. The molecule has 2 unspecified atom stereocenters. The SMILES string of the molecule is O=C(O)C1CCN(C(=O)NC2CCOC2c2ccc(Cl)c(F)c2)CC1. The van der Waals surface area contributed by atoms with E-state index in [0.29, 0.717) is 44.5 Å². The zero-order valence-electron chi connectivity index (χ0n) is 13.6. The number of ether oxygens (including phenoxy) is 1. The number of carbonyl (C=O) groups excluding carboxylic acids is 1. The van der Waals surface area contributed by atoms with Gasteiger partial charge in [-0.2, -0.15) is 0 Å². The first kappa shape index (κ1) is 17.9. The summed E-state index contributed by atoms with van der Waals surface area (Å²) in [5, 5.41) is 12.0. The number of carbonyl (C=O) groups is 2. The Kier molecular flexibility index (Phi) is 5.44. The maximum Gasteiger partial charge on any atom is 0.317 e. The number of nitrogens with zero attached hydrogens (tertiary/aromatic N) is 1. The minimum absolute atomic E-state index is 0.0450. The predicted molar refractivity (Wildman–Crippen MR) is 89.0 cm³/mol. The summed E-state index contributed by atoms with van der Waals surface area (Å²) in [5.74, 6) is -1.71. The molecule has 3 rings (SSSR count). The van der Waals surface area contributed by atoms with Crippen LogP contribution in [0.15, 0.2) is 18.2 Å². The van der Waals surface area contributed by atoms with E-state index in [9.17, 15) is 14.0 Å². The van der Waals surface area contributed by atoms with Gasteiger partial charge in [0.15, 0.2) is 0 Å². The summed E-state index contributed by atoms with van der Waals surface area (Å²) in [4.78, 5) is 25.1. The Bertz CT molecular complexity index is 664. The van der Waals surface area contributed by atoms with E-state index < -0.39 is 17.9 Å². The van der Waals surface area contributed by atoms with Crippen LogP contribution in [0.3, 0.4) is 0 Å². The van der Waals surface area contributed by atoms with Crippen LogP contribution in [0, 0.1) is 11.7 Å². The minimum atomic E-state index is -0.811. The van der Waals surface area contributed by atoms with E-state index in [0.717, 1.165) is 0 Å². The molecule has 0 spiro atoms. The molecule has 0 bridgehead atoms. The lowest BCUT2D eigenvalue weighted by atomic mass is 9.97. The van der Waals surface area contributed by atoms with Crippen LogP contribution in [0.2, 0.25) is 5.02 Å². The average Bonchev–Trinajstić information content (AvgIpc) is 3.05. The maximum absolute atomic E-state index is 13.7. The number of aliphatic carboxylic acids is 1. The molecule has 0 aromatic heterocycles. The molecule has 25 heavy (non-hydrogen) atoms. The molecule has 0 saturated carbocycles. The average molecular weight is 371 g/mol. The first-order valence-electron chi connectivity index (χ1n) is 8.30. The smallest absolute Gasteiger partial charge is 0.317 e. The van der Waals surface area contributed by atoms with Crippen molar-refractivity contribution >= 4 is 23.6 Å². The number of carboxylic acids is 1. The van der Waals surface area contributed by atoms with Gasteiger partial charge >= 0.3 is 12.0 Å². The second-order valence-corrected chi connectivity index (χ2v) is 6.82. The Hall–Kier alpha value is -1.86. The molecule has 2 saturated heterocycles. The zero-order chi connectivity index (χ0) is 18.0. The third-order valence-corrected chi connectivity index (χ3v) is 5.11. The second kappa shape index (κ2) is 7.58. The zero-order valence-corrected chi connectivity index (χ0v) is 14.3. The Morgan fingerprint density at radius 1 is 1.28 bits per heavy atom. The van der Waals surface area contributed by atoms with Crippen LogP contribution in [0.4, 0.5) is 9.18 Å². The van der Waals surface area contributed by atoms with Gasteiger partial charge in [0.05, 0.1) is 17.0 Å². The molecule has 2 atom stereocenters. The van der Waals surface area contributed by atoms with Gasteiger partial charge in [0.2, 0.25) is 0 Å². The Morgan fingerprint density at radius 3 is 2.64 bits per heavy atom. The highest BCUT2D eigenvalue weighted by Gasteiger charge is 2.34. The van der Waals surface area contributed by atoms with Gasteiger partial charge in [-0.1, -0.05) is 17.7 Å². The normalized spacial score (nSPS) is 24.3. The number of carboxylic acid groups (broad SMARTS) is 1. The van der Waals surface area contributed by atoms with Crippen molar-refractivity contribution in [3.05, 3.63) is 34.6 Å². The van der Waals surface area contributed by atoms with Crippen LogP contribution in [0.25, 0.3) is 0 Å². The molecule has 6 nitrogen and oxygen atoms in total. The highest BCUT2D eigenvalue weighted by Crippen LogP contribution is 2.31. The minimum Gasteiger partial charge on any atom is -0.481 e. The standard InChI is InChI=1S/C17H20ClFN2O4/c18-12-2-1-11(9-13(12)19)15-14(5-8-25-15)20-17(24)21-6-3-10(4-7-21)16(22)23/h1-2,9-10,14-15H,3-8H2,(H,20,24)(H,22,23). The van der Waals surface area contributed by atoms with Crippen molar-refractivity contribution in [3.8, 4) is 0 Å². The Balaban J connectivity index is 1.60. The highest BCUT2D eigenvalue weighted by atomic mass is 35.5. The van der Waals surface area contributed by atoms with Gasteiger partial charge in [-0.3, -0.25) is 4.79 Å². The van der Waals surface area contributed by atoms with Crippen molar-refractivity contribution in [1.82, 2.24) is 10.2 Å². The number of likely N-dealkylation sites (tertiary alicyclic amines) is 1. The number of nitrogens with one attached hydrogen (secondary N) is 1. The molecule has 2 N–H and O–H groups in total. The number of amides is 2. The third kappa shape index (κ3) is 4.04. The van der Waals surface area contributed by atoms with E-state index >= 15 is 0 Å². The molecule has 0 radical (unpaired) electrons. The molecule has 2 fully saturated rings. The monoisotopic (exact) mass is 370 g/mol. The number of halogens is 2. The lowest BCUT2D eigenvalue weighted by Gasteiger charge is -2.32. The molecule has 0 aliphatic carbocycles. The fraction of sp³-hybridized carbons (Fsp3) is 0.529. The fourth-order valence-electron chi connectivity index (χ4n) is 3.33. The summed E-state index contributed by atoms with van der Waals surface area (Å²) in [5.41, 5.74) is 0.634. The van der Waals surface area contributed by atoms with Crippen molar-refractivity contribution in [2.75, 3.05) is 19.7 Å². The summed E-state index contributed by atoms with van der Waals surface area (Å²) in [6, 6.07) is 4.00. The van der Waals surface area contributed by atoms with Crippen LogP contribution in [-0.2, 0) is 9.53 Å². The predicted octanol–water partition coefficient (Wildman–Crippen LogP) is 2.82. The molecule has 1 aromatic rings. The van der Waals surface area contributed by atoms with Gasteiger partial charge in [-0.25, -0.2) is 9.18 Å². The van der Waals surface area contributed by atoms with Crippen LogP contribution in [-0.4, -0.2) is 47.7 Å². The number of hydrogen-bond donors (Lipinski definition) is 2. The van der Waals surface area contributed by atoms with Crippen LogP contribution in [0.1, 0.15) is 30.9 Å². The largest absolute Gasteiger partial charge is 0.481 e. The van der Waals surface area contributed by atoms with Crippen molar-refractivity contribution in [1.29, 1.82) is 0 Å². The molecule has 1 aromatic carbocycles. The van der Waals surface area contributed by atoms with Gasteiger partial charge in [0.1, 0.15) is 11.9 Å². The first-order chi connectivity index (χ1) is 12.0. The second-order valence-electron chi connectivity index (χ2n) is 6.41. The van der Waals surface area contributed by atoms with Crippen molar-refractivity contribution < 1.29 is 23.8 Å². The van der Waals surface area contributed by atoms with Gasteiger partial charge in [-0.15, -0.1) is 0 Å². The van der Waals surface area contributed by atoms with Crippen LogP contribution in [0.5, 0.6) is 0 Å². The van der Waals surface area contributed by atoms with Crippen molar-refractivity contribution in [2.45, 2.75) is 31.4 Å². The number of urea groups is 1. The Morgan fingerprint density at radius 2 is 2.00 bits per heavy atom.